The van der Waals surface area contributed by atoms with Gasteiger partial charge in [0, 0.05) is 22.9 Å². The Morgan fingerprint density at radius 1 is 0.567 bits per heavy atom. The van der Waals surface area contributed by atoms with Gasteiger partial charge in [-0.2, -0.15) is 0 Å². The van der Waals surface area contributed by atoms with Crippen molar-refractivity contribution in [3.63, 3.8) is 0 Å². The molecule has 60 heavy (non-hydrogen) atoms. The van der Waals surface area contributed by atoms with E-state index in [1.54, 1.807) is 36.4 Å². The van der Waals surface area contributed by atoms with Gasteiger partial charge in [-0.3, -0.25) is 19.7 Å². The van der Waals surface area contributed by atoms with Crippen LogP contribution in [-0.2, 0) is 0 Å². The summed E-state index contributed by atoms with van der Waals surface area (Å²) in [6, 6.07) is 49.3. The number of benzene rings is 8. The number of hydrogen-bond donors (Lipinski definition) is 4. The van der Waals surface area contributed by atoms with Crippen molar-refractivity contribution < 1.29 is 33.9 Å². The predicted octanol–water partition coefficient (Wildman–Crippen LogP) is 11.3. The second-order valence-corrected chi connectivity index (χ2v) is 13.5. The quantitative estimate of drug-likeness (QED) is 0.0594. The summed E-state index contributed by atoms with van der Waals surface area (Å²) < 4.78 is 11.7. The Balaban J connectivity index is 0.000000181. The van der Waals surface area contributed by atoms with Crippen molar-refractivity contribution in [2.45, 2.75) is 6.92 Å². The molecule has 0 aliphatic heterocycles. The number of carbonyl (C=O) groups excluding carboxylic acids is 2. The zero-order chi connectivity index (χ0) is 42.2. The number of amides is 2. The standard InChI is InChI=1S/2C24H18N2O4/c1-16-6-2-5-9-21(16)25-24(27)19-11-13-23(22(15-19)26(28)29)30-20-12-10-17-7-3-4-8-18(17)14-20;25-20-14-17(23(27)26-21-8-4-3-7-19(21)24(28)29)10-12-22(20)30-18-11-9-15-5-1-2-6-16(15)13-18/h2-15H,1H3,(H,25,27);1-14H,25H2,(H,26,27)(H,28,29). The van der Waals surface area contributed by atoms with Gasteiger partial charge in [-0.15, -0.1) is 0 Å². The highest BCUT2D eigenvalue weighted by Crippen LogP contribution is 2.34. The first-order valence-corrected chi connectivity index (χ1v) is 18.5. The number of carbonyl (C=O) groups is 3. The number of anilines is 3. The summed E-state index contributed by atoms with van der Waals surface area (Å²) in [5.41, 5.74) is 8.35. The molecule has 2 amide bonds. The number of nitrogens with zero attached hydrogens (tertiary/aromatic N) is 1. The first kappa shape index (κ1) is 39.7. The van der Waals surface area contributed by atoms with Gasteiger partial charge in [-0.05, 0) is 107 Å². The number of nitro benzene ring substituents is 1. The van der Waals surface area contributed by atoms with Crippen LogP contribution in [0.3, 0.4) is 0 Å². The SMILES string of the molecule is Cc1ccccc1NC(=O)c1ccc(Oc2ccc3ccccc3c2)c([N+](=O)[O-])c1.Nc1cc(C(=O)Nc2ccccc2C(=O)O)ccc1Oc1ccc2ccccc2c1. The third-order valence-corrected chi connectivity index (χ3v) is 9.39. The number of hydrogen-bond acceptors (Lipinski definition) is 8. The van der Waals surface area contributed by atoms with Crippen LogP contribution in [0.5, 0.6) is 23.0 Å². The lowest BCUT2D eigenvalue weighted by Crippen LogP contribution is -2.15. The average Bonchev–Trinajstić information content (AvgIpc) is 3.25. The van der Waals surface area contributed by atoms with E-state index in [0.29, 0.717) is 34.2 Å². The van der Waals surface area contributed by atoms with Crippen molar-refractivity contribution in [1.29, 1.82) is 0 Å². The summed E-state index contributed by atoms with van der Waals surface area (Å²) in [7, 11) is 0. The number of carboxylic acid groups (broad SMARTS) is 1. The van der Waals surface area contributed by atoms with Crippen molar-refractivity contribution in [1.82, 2.24) is 0 Å². The van der Waals surface area contributed by atoms with Crippen LogP contribution in [-0.4, -0.2) is 27.8 Å². The van der Waals surface area contributed by atoms with Gasteiger partial charge in [-0.1, -0.05) is 91.0 Å². The van der Waals surface area contributed by atoms with Gasteiger partial charge in [0.15, 0.2) is 0 Å². The molecule has 0 aliphatic carbocycles. The van der Waals surface area contributed by atoms with Crippen molar-refractivity contribution in [3.05, 3.63) is 202 Å². The average molecular weight is 797 g/mol. The Morgan fingerprint density at radius 3 is 1.62 bits per heavy atom. The lowest BCUT2D eigenvalue weighted by Gasteiger charge is -2.12. The van der Waals surface area contributed by atoms with Crippen LogP contribution in [0.4, 0.5) is 22.7 Å². The molecule has 0 unspecified atom stereocenters. The molecule has 12 nitrogen and oxygen atoms in total. The van der Waals surface area contributed by atoms with Gasteiger partial charge in [0.1, 0.15) is 17.2 Å². The summed E-state index contributed by atoms with van der Waals surface area (Å²) in [5, 5.41) is 30.4. The van der Waals surface area contributed by atoms with Gasteiger partial charge in [0.25, 0.3) is 11.8 Å². The maximum Gasteiger partial charge on any atom is 0.337 e. The summed E-state index contributed by atoms with van der Waals surface area (Å²) in [4.78, 5) is 47.5. The lowest BCUT2D eigenvalue weighted by molar-refractivity contribution is -0.385. The predicted molar refractivity (Wildman–Crippen MR) is 232 cm³/mol. The fourth-order valence-corrected chi connectivity index (χ4v) is 6.27. The maximum absolute atomic E-state index is 12.6. The van der Waals surface area contributed by atoms with Gasteiger partial charge in [-0.25, -0.2) is 4.79 Å². The Kier molecular flexibility index (Phi) is 11.7. The molecule has 0 spiro atoms. The van der Waals surface area contributed by atoms with Crippen LogP contribution in [0.1, 0.15) is 36.6 Å². The van der Waals surface area contributed by atoms with Gasteiger partial charge in [0.2, 0.25) is 5.75 Å². The van der Waals surface area contributed by atoms with E-state index < -0.39 is 22.7 Å². The molecule has 12 heteroatoms. The van der Waals surface area contributed by atoms with Crippen LogP contribution >= 0.6 is 0 Å². The van der Waals surface area contributed by atoms with Gasteiger partial charge < -0.3 is 30.9 Å². The minimum Gasteiger partial charge on any atom is -0.478 e. The molecule has 8 aromatic carbocycles. The number of para-hydroxylation sites is 2. The molecule has 0 aromatic heterocycles. The van der Waals surface area contributed by atoms with Crippen LogP contribution in [0.2, 0.25) is 0 Å². The minimum atomic E-state index is -1.12. The second-order valence-electron chi connectivity index (χ2n) is 13.5. The summed E-state index contributed by atoms with van der Waals surface area (Å²) >= 11 is 0. The molecule has 0 bridgehead atoms. The number of aryl methyl sites for hydroxylation is 1. The van der Waals surface area contributed by atoms with E-state index in [9.17, 15) is 29.6 Å². The number of nitrogens with two attached hydrogens (primary N) is 1. The maximum atomic E-state index is 12.6. The van der Waals surface area contributed by atoms with Gasteiger partial charge >= 0.3 is 11.7 Å². The largest absolute Gasteiger partial charge is 0.478 e. The van der Waals surface area contributed by atoms with Crippen LogP contribution in [0, 0.1) is 17.0 Å². The molecule has 0 heterocycles. The number of rotatable bonds is 10. The first-order chi connectivity index (χ1) is 29.0. The molecule has 5 N–H and O–H groups in total. The van der Waals surface area contributed by atoms with E-state index in [1.807, 2.05) is 104 Å². The summed E-state index contributed by atoms with van der Waals surface area (Å²) in [6.45, 7) is 1.87. The third-order valence-electron chi connectivity index (χ3n) is 9.39. The number of fused-ring (bicyclic) bond motifs is 2. The van der Waals surface area contributed by atoms with Crippen LogP contribution < -0.4 is 25.8 Å². The fraction of sp³-hybridized carbons (Fsp3) is 0.0208. The highest BCUT2D eigenvalue weighted by Gasteiger charge is 2.20. The zero-order valence-electron chi connectivity index (χ0n) is 32.0. The normalized spacial score (nSPS) is 10.6. The number of carboxylic acids is 1. The molecule has 0 saturated heterocycles. The Hall–Kier alpha value is -8.51. The molecule has 8 rings (SSSR count). The van der Waals surface area contributed by atoms with E-state index in [1.165, 1.54) is 36.4 Å². The number of nitrogen functional groups attached to an aromatic ring is 1. The molecule has 0 saturated carbocycles. The lowest BCUT2D eigenvalue weighted by atomic mass is 10.1. The number of aromatic carboxylic acids is 1. The molecular weight excluding hydrogens is 761 g/mol. The summed E-state index contributed by atoms with van der Waals surface area (Å²) in [5.74, 6) is -0.403. The molecular formula is C48H36N4O8. The molecule has 0 atom stereocenters. The Bertz CT molecular complexity index is 2930. The zero-order valence-corrected chi connectivity index (χ0v) is 32.0. The Morgan fingerprint density at radius 2 is 1.05 bits per heavy atom. The van der Waals surface area contributed by atoms with Crippen molar-refractivity contribution in [2.75, 3.05) is 16.4 Å². The van der Waals surface area contributed by atoms with Crippen LogP contribution in [0.15, 0.2) is 170 Å². The second kappa shape index (κ2) is 17.7. The smallest absolute Gasteiger partial charge is 0.337 e. The monoisotopic (exact) mass is 796 g/mol. The molecule has 0 aliphatic rings. The van der Waals surface area contributed by atoms with E-state index in [-0.39, 0.29) is 28.3 Å². The molecule has 8 aromatic rings. The minimum absolute atomic E-state index is 0.00933. The van der Waals surface area contributed by atoms with Crippen LogP contribution in [0.25, 0.3) is 21.5 Å². The first-order valence-electron chi connectivity index (χ1n) is 18.5. The number of ether oxygens (including phenoxy) is 2. The Labute approximate surface area is 343 Å². The van der Waals surface area contributed by atoms with Crippen molar-refractivity contribution in [3.8, 4) is 23.0 Å². The number of nitrogens with one attached hydrogen (secondary N) is 2. The van der Waals surface area contributed by atoms with E-state index in [4.69, 9.17) is 15.2 Å². The van der Waals surface area contributed by atoms with Crippen molar-refractivity contribution >= 4 is 62.1 Å². The third kappa shape index (κ3) is 9.36. The van der Waals surface area contributed by atoms with Gasteiger partial charge in [0.05, 0.1) is 21.9 Å². The molecule has 0 fully saturated rings. The molecule has 296 valence electrons. The topological polar surface area (TPSA) is 183 Å². The highest BCUT2D eigenvalue weighted by molar-refractivity contribution is 6.08. The number of nitro groups is 1. The van der Waals surface area contributed by atoms with E-state index >= 15 is 0 Å². The summed E-state index contributed by atoms with van der Waals surface area (Å²) in [6.07, 6.45) is 0. The highest BCUT2D eigenvalue weighted by atomic mass is 16.6. The van der Waals surface area contributed by atoms with E-state index in [2.05, 4.69) is 10.6 Å². The fourth-order valence-electron chi connectivity index (χ4n) is 6.27. The van der Waals surface area contributed by atoms with Crippen molar-refractivity contribution in [2.24, 2.45) is 0 Å². The van der Waals surface area contributed by atoms with E-state index in [0.717, 1.165) is 27.1 Å². The molecule has 0 radical (unpaired) electrons.